The lowest BCUT2D eigenvalue weighted by molar-refractivity contribution is 0.379. The van der Waals surface area contributed by atoms with Crippen LogP contribution in [0, 0.1) is 12.3 Å². The number of nitrogens with one attached hydrogen (secondary N) is 2. The van der Waals surface area contributed by atoms with Crippen LogP contribution in [-0.2, 0) is 6.42 Å². The van der Waals surface area contributed by atoms with E-state index in [2.05, 4.69) is 36.3 Å². The highest BCUT2D eigenvalue weighted by molar-refractivity contribution is 5.14. The van der Waals surface area contributed by atoms with Crippen molar-refractivity contribution in [2.24, 2.45) is 5.41 Å². The smallest absolute Gasteiger partial charge is 0.0522 e. The van der Waals surface area contributed by atoms with Crippen LogP contribution in [0.25, 0.3) is 0 Å². The third-order valence-electron chi connectivity index (χ3n) is 4.09. The van der Waals surface area contributed by atoms with Crippen molar-refractivity contribution in [3.8, 4) is 0 Å². The van der Waals surface area contributed by atoms with Crippen LogP contribution in [0.15, 0.2) is 6.20 Å². The highest BCUT2D eigenvalue weighted by Crippen LogP contribution is 2.47. The Kier molecular flexibility index (Phi) is 3.33. The molecule has 3 nitrogen and oxygen atoms in total. The molecule has 1 aliphatic carbocycles. The fraction of sp³-hybridized carbons (Fsp3) is 0.769. The van der Waals surface area contributed by atoms with Crippen molar-refractivity contribution in [3.05, 3.63) is 17.5 Å². The van der Waals surface area contributed by atoms with Gasteiger partial charge in [0.2, 0.25) is 0 Å². The summed E-state index contributed by atoms with van der Waals surface area (Å²) in [6.45, 7) is 7.89. The van der Waals surface area contributed by atoms with Gasteiger partial charge in [0.1, 0.15) is 0 Å². The van der Waals surface area contributed by atoms with E-state index >= 15 is 0 Å². The topological polar surface area (TPSA) is 40.7 Å². The minimum Gasteiger partial charge on any atom is -0.314 e. The Morgan fingerprint density at radius 2 is 2.31 bits per heavy atom. The van der Waals surface area contributed by atoms with Gasteiger partial charge in [0.15, 0.2) is 0 Å². The third-order valence-corrected chi connectivity index (χ3v) is 4.09. The van der Waals surface area contributed by atoms with Gasteiger partial charge in [0.05, 0.1) is 6.20 Å². The minimum atomic E-state index is 0.589. The summed E-state index contributed by atoms with van der Waals surface area (Å²) in [6.07, 6.45) is 7.05. The first-order valence-electron chi connectivity index (χ1n) is 6.34. The standard InChI is InChI=1S/C13H23N3/c1-10-12(9-15-16-10)5-4-8-14-11(2)13(3)6-7-13/h9,11,14H,4-8H2,1-3H3,(H,15,16). The van der Waals surface area contributed by atoms with E-state index in [0.29, 0.717) is 11.5 Å². The Labute approximate surface area is 98.0 Å². The molecule has 1 heterocycles. The average Bonchev–Trinajstić information content (AvgIpc) is 2.88. The first-order valence-corrected chi connectivity index (χ1v) is 6.34. The zero-order chi connectivity index (χ0) is 11.6. The van der Waals surface area contributed by atoms with Gasteiger partial charge in [0.25, 0.3) is 0 Å². The van der Waals surface area contributed by atoms with Gasteiger partial charge in [-0.05, 0) is 57.1 Å². The maximum absolute atomic E-state index is 4.04. The van der Waals surface area contributed by atoms with E-state index < -0.39 is 0 Å². The average molecular weight is 221 g/mol. The fourth-order valence-electron chi connectivity index (χ4n) is 2.10. The highest BCUT2D eigenvalue weighted by atomic mass is 15.1. The number of nitrogens with zero attached hydrogens (tertiary/aromatic N) is 1. The van der Waals surface area contributed by atoms with E-state index in [1.54, 1.807) is 0 Å². The molecule has 1 aromatic heterocycles. The van der Waals surface area contributed by atoms with Crippen LogP contribution in [0.5, 0.6) is 0 Å². The first-order chi connectivity index (χ1) is 7.62. The number of aromatic amines is 1. The third kappa shape index (κ3) is 2.64. The zero-order valence-electron chi connectivity index (χ0n) is 10.6. The molecule has 0 saturated heterocycles. The number of hydrogen-bond acceptors (Lipinski definition) is 2. The molecule has 0 amide bonds. The van der Waals surface area contributed by atoms with Crippen molar-refractivity contribution >= 4 is 0 Å². The molecule has 0 aromatic carbocycles. The second kappa shape index (κ2) is 4.58. The molecule has 0 aliphatic heterocycles. The number of hydrogen-bond donors (Lipinski definition) is 2. The van der Waals surface area contributed by atoms with Gasteiger partial charge in [-0.1, -0.05) is 6.92 Å². The largest absolute Gasteiger partial charge is 0.314 e. The molecule has 3 heteroatoms. The molecule has 1 saturated carbocycles. The molecule has 1 aliphatic rings. The Bertz CT molecular complexity index is 339. The lowest BCUT2D eigenvalue weighted by Crippen LogP contribution is -2.34. The fourth-order valence-corrected chi connectivity index (χ4v) is 2.10. The summed E-state index contributed by atoms with van der Waals surface area (Å²) in [7, 11) is 0. The normalized spacial score (nSPS) is 19.7. The molecule has 0 radical (unpaired) electrons. The van der Waals surface area contributed by atoms with Gasteiger partial charge in [-0.25, -0.2) is 0 Å². The van der Waals surface area contributed by atoms with Gasteiger partial charge in [-0.3, -0.25) is 5.10 Å². The monoisotopic (exact) mass is 221 g/mol. The van der Waals surface area contributed by atoms with Crippen LogP contribution in [0.3, 0.4) is 0 Å². The Hall–Kier alpha value is -0.830. The Morgan fingerprint density at radius 1 is 1.56 bits per heavy atom. The second-order valence-corrected chi connectivity index (χ2v) is 5.45. The summed E-state index contributed by atoms with van der Waals surface area (Å²) in [6, 6.07) is 0.665. The van der Waals surface area contributed by atoms with Crippen molar-refractivity contribution in [1.29, 1.82) is 0 Å². The predicted molar refractivity (Wildman–Crippen MR) is 66.5 cm³/mol. The molecular weight excluding hydrogens is 198 g/mol. The molecular formula is C13H23N3. The lowest BCUT2D eigenvalue weighted by atomic mass is 10.0. The van der Waals surface area contributed by atoms with Crippen LogP contribution in [-0.4, -0.2) is 22.8 Å². The van der Waals surface area contributed by atoms with E-state index in [9.17, 15) is 0 Å². The predicted octanol–water partition coefficient (Wildman–Crippen LogP) is 2.43. The number of aryl methyl sites for hydroxylation is 2. The van der Waals surface area contributed by atoms with Gasteiger partial charge in [-0.15, -0.1) is 0 Å². The molecule has 16 heavy (non-hydrogen) atoms. The summed E-state index contributed by atoms with van der Waals surface area (Å²) in [5, 5.41) is 10.7. The van der Waals surface area contributed by atoms with E-state index in [0.717, 1.165) is 13.0 Å². The SMILES string of the molecule is Cc1[nH]ncc1CCCNC(C)C1(C)CC1. The summed E-state index contributed by atoms with van der Waals surface area (Å²) in [5.41, 5.74) is 3.15. The molecule has 1 atom stereocenters. The Balaban J connectivity index is 1.64. The maximum Gasteiger partial charge on any atom is 0.0522 e. The molecule has 2 N–H and O–H groups in total. The van der Waals surface area contributed by atoms with E-state index in [1.165, 1.54) is 30.5 Å². The van der Waals surface area contributed by atoms with Gasteiger partial charge < -0.3 is 5.32 Å². The lowest BCUT2D eigenvalue weighted by Gasteiger charge is -2.20. The van der Waals surface area contributed by atoms with E-state index in [4.69, 9.17) is 0 Å². The highest BCUT2D eigenvalue weighted by Gasteiger charge is 2.41. The molecule has 1 aromatic rings. The van der Waals surface area contributed by atoms with Crippen LogP contribution < -0.4 is 5.32 Å². The van der Waals surface area contributed by atoms with E-state index in [1.807, 2.05) is 6.20 Å². The van der Waals surface area contributed by atoms with Crippen molar-refractivity contribution in [2.45, 2.75) is 52.5 Å². The van der Waals surface area contributed by atoms with E-state index in [-0.39, 0.29) is 0 Å². The first kappa shape index (κ1) is 11.6. The second-order valence-electron chi connectivity index (χ2n) is 5.45. The summed E-state index contributed by atoms with van der Waals surface area (Å²) in [4.78, 5) is 0. The number of H-pyrrole nitrogens is 1. The van der Waals surface area contributed by atoms with Gasteiger partial charge in [-0.2, -0.15) is 5.10 Å². The van der Waals surface area contributed by atoms with Crippen LogP contribution >= 0.6 is 0 Å². The van der Waals surface area contributed by atoms with Crippen molar-refractivity contribution in [3.63, 3.8) is 0 Å². The van der Waals surface area contributed by atoms with Crippen LogP contribution in [0.1, 0.15) is 44.4 Å². The number of rotatable bonds is 6. The van der Waals surface area contributed by atoms with Gasteiger partial charge in [0, 0.05) is 11.7 Å². The molecule has 0 bridgehead atoms. The zero-order valence-corrected chi connectivity index (χ0v) is 10.6. The van der Waals surface area contributed by atoms with Crippen LogP contribution in [0.4, 0.5) is 0 Å². The molecule has 1 unspecified atom stereocenters. The van der Waals surface area contributed by atoms with Crippen molar-refractivity contribution in [2.75, 3.05) is 6.54 Å². The summed E-state index contributed by atoms with van der Waals surface area (Å²) in [5.74, 6) is 0. The van der Waals surface area contributed by atoms with Gasteiger partial charge >= 0.3 is 0 Å². The molecule has 90 valence electrons. The molecule has 0 spiro atoms. The quantitative estimate of drug-likeness (QED) is 0.724. The van der Waals surface area contributed by atoms with Crippen molar-refractivity contribution in [1.82, 2.24) is 15.5 Å². The molecule has 1 fully saturated rings. The number of aromatic nitrogens is 2. The minimum absolute atomic E-state index is 0.589. The maximum atomic E-state index is 4.04. The summed E-state index contributed by atoms with van der Waals surface area (Å²) >= 11 is 0. The van der Waals surface area contributed by atoms with Crippen LogP contribution in [0.2, 0.25) is 0 Å². The summed E-state index contributed by atoms with van der Waals surface area (Å²) < 4.78 is 0. The van der Waals surface area contributed by atoms with Crippen molar-refractivity contribution < 1.29 is 0 Å². The Morgan fingerprint density at radius 3 is 2.88 bits per heavy atom. The molecule has 2 rings (SSSR count).